The highest BCUT2D eigenvalue weighted by Crippen LogP contribution is 2.30. The van der Waals surface area contributed by atoms with Gasteiger partial charge >= 0.3 is 6.11 Å². The van der Waals surface area contributed by atoms with Crippen LogP contribution in [-0.4, -0.2) is 12.7 Å². The quantitative estimate of drug-likeness (QED) is 0.332. The minimum absolute atomic E-state index is 0.0187. The van der Waals surface area contributed by atoms with Gasteiger partial charge in [-0.2, -0.15) is 13.2 Å². The average molecular weight is 430 g/mol. The SMILES string of the molecule is C=Cc1ccc(-c2ccc(OC(F)(F)CCc3ccc(OCC)c(F)c3F)cc2)cc1. The van der Waals surface area contributed by atoms with Gasteiger partial charge in [0.15, 0.2) is 11.6 Å². The van der Waals surface area contributed by atoms with E-state index in [1.54, 1.807) is 25.1 Å². The zero-order valence-corrected chi connectivity index (χ0v) is 17.0. The maximum absolute atomic E-state index is 14.3. The molecule has 162 valence electrons. The summed E-state index contributed by atoms with van der Waals surface area (Å²) < 4.78 is 66.3. The van der Waals surface area contributed by atoms with Gasteiger partial charge in [-0.05, 0) is 53.8 Å². The van der Waals surface area contributed by atoms with Crippen molar-refractivity contribution >= 4 is 6.08 Å². The Morgan fingerprint density at radius 2 is 1.48 bits per heavy atom. The molecule has 0 aromatic heterocycles. The summed E-state index contributed by atoms with van der Waals surface area (Å²) in [6.07, 6.45) is -3.01. The van der Waals surface area contributed by atoms with Gasteiger partial charge in [-0.25, -0.2) is 4.39 Å². The molecule has 0 radical (unpaired) electrons. The van der Waals surface area contributed by atoms with Gasteiger partial charge in [0.1, 0.15) is 5.75 Å². The van der Waals surface area contributed by atoms with Crippen LogP contribution in [0.4, 0.5) is 17.6 Å². The van der Waals surface area contributed by atoms with E-state index in [-0.39, 0.29) is 23.7 Å². The number of hydrogen-bond donors (Lipinski definition) is 0. The standard InChI is InChI=1S/C25H22F4O2/c1-3-17-5-7-18(8-6-17)19-9-12-21(13-10-19)31-25(28,29)16-15-20-11-14-22(30-4-2)24(27)23(20)26/h3,5-14H,1,4,15-16H2,2H3. The van der Waals surface area contributed by atoms with Crippen LogP contribution in [-0.2, 0) is 6.42 Å². The number of halogens is 4. The number of aryl methyl sites for hydroxylation is 1. The molecule has 6 heteroatoms. The van der Waals surface area contributed by atoms with Crippen molar-refractivity contribution in [2.75, 3.05) is 6.61 Å². The topological polar surface area (TPSA) is 18.5 Å². The fourth-order valence-corrected chi connectivity index (χ4v) is 3.06. The van der Waals surface area contributed by atoms with Crippen LogP contribution in [0.3, 0.4) is 0 Å². The van der Waals surface area contributed by atoms with E-state index < -0.39 is 30.6 Å². The summed E-state index contributed by atoms with van der Waals surface area (Å²) >= 11 is 0. The summed E-state index contributed by atoms with van der Waals surface area (Å²) in [6, 6.07) is 16.4. The summed E-state index contributed by atoms with van der Waals surface area (Å²) in [5.74, 6) is -2.63. The molecule has 0 aliphatic heterocycles. The lowest BCUT2D eigenvalue weighted by Crippen LogP contribution is -2.25. The zero-order chi connectivity index (χ0) is 22.4. The molecule has 0 aliphatic rings. The van der Waals surface area contributed by atoms with Crippen molar-refractivity contribution in [3.8, 4) is 22.6 Å². The van der Waals surface area contributed by atoms with E-state index in [9.17, 15) is 17.6 Å². The molecule has 0 atom stereocenters. The van der Waals surface area contributed by atoms with Gasteiger partial charge in [0.25, 0.3) is 0 Å². The molecule has 3 aromatic carbocycles. The number of hydrogen-bond acceptors (Lipinski definition) is 2. The maximum atomic E-state index is 14.3. The Hall–Kier alpha value is -3.28. The van der Waals surface area contributed by atoms with Crippen LogP contribution in [0.15, 0.2) is 67.2 Å². The number of benzene rings is 3. The minimum atomic E-state index is -3.55. The number of rotatable bonds is 9. The fourth-order valence-electron chi connectivity index (χ4n) is 3.06. The van der Waals surface area contributed by atoms with Crippen LogP contribution in [0.1, 0.15) is 24.5 Å². The van der Waals surface area contributed by atoms with E-state index in [0.717, 1.165) is 16.7 Å². The smallest absolute Gasteiger partial charge is 0.398 e. The molecule has 3 aromatic rings. The Bertz CT molecular complexity index is 1030. The second-order valence-electron chi connectivity index (χ2n) is 6.87. The normalized spacial score (nSPS) is 11.3. The van der Waals surface area contributed by atoms with Gasteiger partial charge in [0, 0.05) is 0 Å². The van der Waals surface area contributed by atoms with Crippen molar-refractivity contribution in [3.63, 3.8) is 0 Å². The summed E-state index contributed by atoms with van der Waals surface area (Å²) in [6.45, 7) is 5.50. The molecular weight excluding hydrogens is 408 g/mol. The highest BCUT2D eigenvalue weighted by molar-refractivity contribution is 5.66. The van der Waals surface area contributed by atoms with Gasteiger partial charge < -0.3 is 9.47 Å². The molecule has 0 heterocycles. The van der Waals surface area contributed by atoms with E-state index in [4.69, 9.17) is 9.47 Å². The first-order chi connectivity index (χ1) is 14.8. The molecule has 0 saturated carbocycles. The highest BCUT2D eigenvalue weighted by Gasteiger charge is 2.32. The first-order valence-electron chi connectivity index (χ1n) is 9.82. The van der Waals surface area contributed by atoms with E-state index in [1.807, 2.05) is 24.3 Å². The van der Waals surface area contributed by atoms with E-state index in [1.165, 1.54) is 24.3 Å². The predicted octanol–water partition coefficient (Wildman–Crippen LogP) is 7.28. The lowest BCUT2D eigenvalue weighted by molar-refractivity contribution is -0.180. The molecule has 2 nitrogen and oxygen atoms in total. The number of alkyl halides is 2. The van der Waals surface area contributed by atoms with Gasteiger partial charge in [-0.1, -0.05) is 55.1 Å². The summed E-state index contributed by atoms with van der Waals surface area (Å²) in [5, 5.41) is 0. The summed E-state index contributed by atoms with van der Waals surface area (Å²) in [7, 11) is 0. The Morgan fingerprint density at radius 1 is 0.871 bits per heavy atom. The molecule has 0 aliphatic carbocycles. The Balaban J connectivity index is 1.64. The average Bonchev–Trinajstić information content (AvgIpc) is 2.77. The molecule has 3 rings (SSSR count). The fraction of sp³-hybridized carbons (Fsp3) is 0.200. The first kappa shape index (κ1) is 22.4. The molecule has 0 fully saturated rings. The molecule has 0 saturated heterocycles. The Kier molecular flexibility index (Phi) is 7.00. The van der Waals surface area contributed by atoms with Crippen molar-refractivity contribution < 1.29 is 27.0 Å². The molecule has 0 amide bonds. The summed E-state index contributed by atoms with van der Waals surface area (Å²) in [4.78, 5) is 0. The Labute approximate surface area is 178 Å². The molecule has 0 spiro atoms. The van der Waals surface area contributed by atoms with Crippen LogP contribution in [0.25, 0.3) is 17.2 Å². The van der Waals surface area contributed by atoms with Crippen LogP contribution in [0.5, 0.6) is 11.5 Å². The molecule has 0 unspecified atom stereocenters. The van der Waals surface area contributed by atoms with E-state index >= 15 is 0 Å². The second-order valence-corrected chi connectivity index (χ2v) is 6.87. The van der Waals surface area contributed by atoms with Gasteiger partial charge in [0.2, 0.25) is 5.82 Å². The lowest BCUT2D eigenvalue weighted by atomic mass is 10.0. The van der Waals surface area contributed by atoms with Crippen molar-refractivity contribution in [3.05, 3.63) is 90.0 Å². The Morgan fingerprint density at radius 3 is 2.06 bits per heavy atom. The van der Waals surface area contributed by atoms with Crippen molar-refractivity contribution in [1.82, 2.24) is 0 Å². The highest BCUT2D eigenvalue weighted by atomic mass is 19.3. The van der Waals surface area contributed by atoms with Crippen LogP contribution < -0.4 is 9.47 Å². The van der Waals surface area contributed by atoms with Crippen molar-refractivity contribution in [1.29, 1.82) is 0 Å². The monoisotopic (exact) mass is 430 g/mol. The second kappa shape index (κ2) is 9.69. The molecule has 0 N–H and O–H groups in total. The van der Waals surface area contributed by atoms with Gasteiger partial charge in [-0.3, -0.25) is 0 Å². The van der Waals surface area contributed by atoms with E-state index in [0.29, 0.717) is 0 Å². The third kappa shape index (κ3) is 5.66. The van der Waals surface area contributed by atoms with E-state index in [2.05, 4.69) is 6.58 Å². The first-order valence-corrected chi connectivity index (χ1v) is 9.82. The molecule has 0 bridgehead atoms. The third-order valence-corrected chi connectivity index (χ3v) is 4.71. The molecular formula is C25H22F4O2. The minimum Gasteiger partial charge on any atom is -0.491 e. The van der Waals surface area contributed by atoms with Crippen molar-refractivity contribution in [2.24, 2.45) is 0 Å². The predicted molar refractivity (Wildman–Crippen MR) is 113 cm³/mol. The third-order valence-electron chi connectivity index (χ3n) is 4.71. The van der Waals surface area contributed by atoms with Crippen LogP contribution in [0.2, 0.25) is 0 Å². The molecule has 31 heavy (non-hydrogen) atoms. The van der Waals surface area contributed by atoms with Gasteiger partial charge in [0.05, 0.1) is 13.0 Å². The lowest BCUT2D eigenvalue weighted by Gasteiger charge is -2.18. The summed E-state index contributed by atoms with van der Waals surface area (Å²) in [5.41, 5.74) is 2.59. The van der Waals surface area contributed by atoms with Gasteiger partial charge in [-0.15, -0.1) is 0 Å². The van der Waals surface area contributed by atoms with Crippen LogP contribution >= 0.6 is 0 Å². The largest absolute Gasteiger partial charge is 0.491 e. The number of ether oxygens (including phenoxy) is 2. The maximum Gasteiger partial charge on any atom is 0.398 e. The zero-order valence-electron chi connectivity index (χ0n) is 17.0. The van der Waals surface area contributed by atoms with Crippen molar-refractivity contribution in [2.45, 2.75) is 25.9 Å². The van der Waals surface area contributed by atoms with Crippen LogP contribution in [0, 0.1) is 11.6 Å².